The normalized spacial score (nSPS) is 25.1. The second kappa shape index (κ2) is 6.74. The van der Waals surface area contributed by atoms with E-state index in [1.54, 1.807) is 12.2 Å². The molecule has 1 heterocycles. The van der Waals surface area contributed by atoms with E-state index < -0.39 is 0 Å². The molecule has 1 atom stereocenters. The standard InChI is InChI=1S/C12H17ClN4O3/c1-8-5-9(13)11(16-19-2)6-10(8)15-12(18)17-7-20-4-3-14-17/h5-6,9,14H,3-4,7H2,1-2H3,(H,15,18). The number of hydrogen-bond acceptors (Lipinski definition) is 5. The van der Waals surface area contributed by atoms with Gasteiger partial charge in [-0.1, -0.05) is 11.2 Å². The van der Waals surface area contributed by atoms with Crippen molar-refractivity contribution in [1.29, 1.82) is 0 Å². The molecule has 2 rings (SSSR count). The fourth-order valence-corrected chi connectivity index (χ4v) is 2.11. The lowest BCUT2D eigenvalue weighted by Crippen LogP contribution is -2.53. The summed E-state index contributed by atoms with van der Waals surface area (Å²) in [5.41, 5.74) is 4.98. The molecule has 0 bridgehead atoms. The van der Waals surface area contributed by atoms with Gasteiger partial charge in [-0.15, -0.1) is 11.6 Å². The fourth-order valence-electron chi connectivity index (χ4n) is 1.82. The first-order valence-corrected chi connectivity index (χ1v) is 6.61. The highest BCUT2D eigenvalue weighted by Gasteiger charge is 2.22. The second-order valence-electron chi connectivity index (χ2n) is 4.31. The van der Waals surface area contributed by atoms with Gasteiger partial charge < -0.3 is 14.9 Å². The van der Waals surface area contributed by atoms with E-state index in [0.717, 1.165) is 5.57 Å². The second-order valence-corrected chi connectivity index (χ2v) is 4.78. The molecule has 1 aliphatic carbocycles. The van der Waals surface area contributed by atoms with E-state index in [4.69, 9.17) is 21.2 Å². The van der Waals surface area contributed by atoms with Crippen LogP contribution in [-0.4, -0.2) is 49.1 Å². The van der Waals surface area contributed by atoms with E-state index in [1.165, 1.54) is 12.1 Å². The van der Waals surface area contributed by atoms with Crippen LogP contribution in [0.4, 0.5) is 4.79 Å². The van der Waals surface area contributed by atoms with Crippen LogP contribution in [-0.2, 0) is 9.57 Å². The molecule has 0 spiro atoms. The minimum atomic E-state index is -0.368. The van der Waals surface area contributed by atoms with Gasteiger partial charge in [0.1, 0.15) is 19.6 Å². The molecule has 0 aromatic rings. The van der Waals surface area contributed by atoms with Crippen molar-refractivity contribution in [2.75, 3.05) is 27.0 Å². The summed E-state index contributed by atoms with van der Waals surface area (Å²) in [6.45, 7) is 3.26. The number of allylic oxidation sites excluding steroid dienone is 3. The van der Waals surface area contributed by atoms with Gasteiger partial charge in [-0.3, -0.25) is 0 Å². The topological polar surface area (TPSA) is 75.2 Å². The summed E-state index contributed by atoms with van der Waals surface area (Å²) in [4.78, 5) is 16.8. The van der Waals surface area contributed by atoms with E-state index in [-0.39, 0.29) is 18.1 Å². The molecule has 0 aromatic heterocycles. The average molecular weight is 301 g/mol. The number of alkyl halides is 1. The van der Waals surface area contributed by atoms with Crippen LogP contribution in [0.1, 0.15) is 6.92 Å². The summed E-state index contributed by atoms with van der Waals surface area (Å²) >= 11 is 6.12. The van der Waals surface area contributed by atoms with Crippen LogP contribution >= 0.6 is 11.6 Å². The summed E-state index contributed by atoms with van der Waals surface area (Å²) in [5.74, 6) is 0. The van der Waals surface area contributed by atoms with Crippen LogP contribution in [0.3, 0.4) is 0 Å². The van der Waals surface area contributed by atoms with Crippen molar-refractivity contribution in [3.8, 4) is 0 Å². The number of carbonyl (C=O) groups is 1. The van der Waals surface area contributed by atoms with Gasteiger partial charge in [-0.25, -0.2) is 15.2 Å². The number of oxime groups is 1. The van der Waals surface area contributed by atoms with E-state index in [0.29, 0.717) is 24.6 Å². The number of hydrazine groups is 1. The molecule has 1 fully saturated rings. The third-order valence-electron chi connectivity index (χ3n) is 2.85. The summed E-state index contributed by atoms with van der Waals surface area (Å²) in [6.07, 6.45) is 3.49. The molecule has 1 saturated heterocycles. The number of nitrogens with one attached hydrogen (secondary N) is 2. The minimum Gasteiger partial charge on any atom is -0.399 e. The van der Waals surface area contributed by atoms with Gasteiger partial charge in [0.05, 0.1) is 12.0 Å². The van der Waals surface area contributed by atoms with E-state index in [9.17, 15) is 4.79 Å². The van der Waals surface area contributed by atoms with Crippen LogP contribution in [0.2, 0.25) is 0 Å². The van der Waals surface area contributed by atoms with Crippen LogP contribution in [0.25, 0.3) is 0 Å². The molecule has 7 nitrogen and oxygen atoms in total. The third kappa shape index (κ3) is 3.50. The van der Waals surface area contributed by atoms with Crippen molar-refractivity contribution in [2.45, 2.75) is 12.3 Å². The first-order chi connectivity index (χ1) is 9.61. The summed E-state index contributed by atoms with van der Waals surface area (Å²) in [6, 6.07) is -0.298. The Morgan fingerprint density at radius 1 is 1.70 bits per heavy atom. The summed E-state index contributed by atoms with van der Waals surface area (Å²) < 4.78 is 5.20. The molecular formula is C12H17ClN4O3. The maximum absolute atomic E-state index is 12.1. The zero-order valence-corrected chi connectivity index (χ0v) is 12.1. The van der Waals surface area contributed by atoms with Crippen molar-refractivity contribution in [3.05, 3.63) is 23.4 Å². The number of ether oxygens (including phenoxy) is 1. The SMILES string of the molecule is CON=C1C=C(NC(=O)N2COCCN2)C(C)=CC1Cl. The van der Waals surface area contributed by atoms with E-state index >= 15 is 0 Å². The number of carbonyl (C=O) groups excluding carboxylic acids is 1. The Labute approximate surface area is 122 Å². The Morgan fingerprint density at radius 3 is 3.15 bits per heavy atom. The van der Waals surface area contributed by atoms with Crippen molar-refractivity contribution in [2.24, 2.45) is 5.16 Å². The van der Waals surface area contributed by atoms with Gasteiger partial charge >= 0.3 is 6.03 Å². The smallest absolute Gasteiger partial charge is 0.338 e. The van der Waals surface area contributed by atoms with Gasteiger partial charge in [0, 0.05) is 12.2 Å². The maximum Gasteiger partial charge on any atom is 0.338 e. The van der Waals surface area contributed by atoms with Gasteiger partial charge in [0.25, 0.3) is 0 Å². The predicted molar refractivity (Wildman–Crippen MR) is 75.1 cm³/mol. The molecule has 1 unspecified atom stereocenters. The predicted octanol–water partition coefficient (Wildman–Crippen LogP) is 0.944. The van der Waals surface area contributed by atoms with Gasteiger partial charge in [0.2, 0.25) is 0 Å². The van der Waals surface area contributed by atoms with Crippen molar-refractivity contribution >= 4 is 23.3 Å². The Morgan fingerprint density at radius 2 is 2.50 bits per heavy atom. The quantitative estimate of drug-likeness (QED) is 0.588. The fraction of sp³-hybridized carbons (Fsp3) is 0.500. The first kappa shape index (κ1) is 14.8. The third-order valence-corrected chi connectivity index (χ3v) is 3.20. The lowest BCUT2D eigenvalue weighted by Gasteiger charge is -2.28. The Kier molecular flexibility index (Phi) is 4.99. The number of nitrogens with zero attached hydrogens (tertiary/aromatic N) is 2. The Balaban J connectivity index is 2.06. The lowest BCUT2D eigenvalue weighted by atomic mass is 10.0. The number of halogens is 1. The molecule has 20 heavy (non-hydrogen) atoms. The molecule has 2 N–H and O–H groups in total. The monoisotopic (exact) mass is 300 g/mol. The minimum absolute atomic E-state index is 0.207. The zero-order chi connectivity index (χ0) is 14.5. The first-order valence-electron chi connectivity index (χ1n) is 6.17. The van der Waals surface area contributed by atoms with E-state index in [2.05, 4.69) is 15.9 Å². The molecule has 0 aromatic carbocycles. The average Bonchev–Trinajstić information content (AvgIpc) is 2.45. The summed E-state index contributed by atoms with van der Waals surface area (Å²) in [7, 11) is 1.45. The molecule has 2 amide bonds. The summed E-state index contributed by atoms with van der Waals surface area (Å²) in [5, 5.41) is 7.62. The van der Waals surface area contributed by atoms with Crippen molar-refractivity contribution < 1.29 is 14.4 Å². The maximum atomic E-state index is 12.1. The van der Waals surface area contributed by atoms with Crippen LogP contribution in [0.15, 0.2) is 28.6 Å². The lowest BCUT2D eigenvalue weighted by molar-refractivity contribution is -0.0176. The molecule has 2 aliphatic rings. The molecule has 110 valence electrons. The van der Waals surface area contributed by atoms with Crippen molar-refractivity contribution in [3.63, 3.8) is 0 Å². The number of rotatable bonds is 2. The van der Waals surface area contributed by atoms with Gasteiger partial charge in [0.15, 0.2) is 0 Å². The van der Waals surface area contributed by atoms with E-state index in [1.807, 2.05) is 6.92 Å². The molecular weight excluding hydrogens is 284 g/mol. The van der Waals surface area contributed by atoms with Crippen LogP contribution < -0.4 is 10.7 Å². The Hall–Kier alpha value is -1.57. The van der Waals surface area contributed by atoms with Crippen LogP contribution in [0, 0.1) is 0 Å². The highest BCUT2D eigenvalue weighted by Crippen LogP contribution is 2.19. The Bertz CT molecular complexity index is 469. The molecule has 0 saturated carbocycles. The van der Waals surface area contributed by atoms with Crippen LogP contribution in [0.5, 0.6) is 0 Å². The van der Waals surface area contributed by atoms with Crippen molar-refractivity contribution in [1.82, 2.24) is 15.8 Å². The number of hydrogen-bond donors (Lipinski definition) is 2. The van der Waals surface area contributed by atoms with Gasteiger partial charge in [-0.2, -0.15) is 0 Å². The highest BCUT2D eigenvalue weighted by molar-refractivity contribution is 6.36. The largest absolute Gasteiger partial charge is 0.399 e. The van der Waals surface area contributed by atoms with Gasteiger partial charge in [-0.05, 0) is 18.6 Å². The molecule has 0 radical (unpaired) electrons. The number of amides is 2. The zero-order valence-electron chi connectivity index (χ0n) is 11.4. The molecule has 8 heteroatoms. The molecule has 1 aliphatic heterocycles. The number of urea groups is 1. The highest BCUT2D eigenvalue weighted by atomic mass is 35.5.